The number of benzene rings is 1. The first-order chi connectivity index (χ1) is 9.79. The van der Waals surface area contributed by atoms with Crippen molar-refractivity contribution in [3.8, 4) is 5.75 Å². The lowest BCUT2D eigenvalue weighted by Gasteiger charge is -2.07. The number of rotatable bonds is 8. The van der Waals surface area contributed by atoms with Crippen LogP contribution in [0.5, 0.6) is 5.75 Å². The Morgan fingerprint density at radius 3 is 2.60 bits per heavy atom. The number of hydrogen-bond acceptors (Lipinski definition) is 5. The average molecular weight is 292 g/mol. The fourth-order valence-corrected chi connectivity index (χ4v) is 2.54. The maximum absolute atomic E-state index is 5.59. The van der Waals surface area contributed by atoms with E-state index >= 15 is 0 Å². The van der Waals surface area contributed by atoms with Crippen LogP contribution in [0.1, 0.15) is 16.1 Å². The molecule has 0 amide bonds. The van der Waals surface area contributed by atoms with Gasteiger partial charge in [0.15, 0.2) is 0 Å². The number of hydrogen-bond donors (Lipinski definition) is 1. The molecule has 20 heavy (non-hydrogen) atoms. The molecule has 0 fully saturated rings. The lowest BCUT2D eigenvalue weighted by Crippen LogP contribution is -2.08. The summed E-state index contributed by atoms with van der Waals surface area (Å²) in [6.07, 6.45) is 0.918. The molecule has 0 unspecified atom stereocenters. The highest BCUT2D eigenvalue weighted by atomic mass is 32.1. The van der Waals surface area contributed by atoms with Gasteiger partial charge in [0.25, 0.3) is 0 Å². The first-order valence-electron chi connectivity index (χ1n) is 6.68. The molecule has 0 saturated heterocycles. The molecule has 0 radical (unpaired) electrons. The Hall–Kier alpha value is -1.43. The molecule has 1 aromatic heterocycles. The number of aromatic nitrogens is 1. The molecule has 0 bridgehead atoms. The predicted molar refractivity (Wildman–Crippen MR) is 81.2 cm³/mol. The topological polar surface area (TPSA) is 57.4 Å². The van der Waals surface area contributed by atoms with Crippen LogP contribution in [0.25, 0.3) is 0 Å². The molecule has 0 aliphatic heterocycles. The Bertz CT molecular complexity index is 511. The van der Waals surface area contributed by atoms with Crippen LogP contribution in [0.2, 0.25) is 0 Å². The van der Waals surface area contributed by atoms with E-state index in [9.17, 15) is 0 Å². The van der Waals surface area contributed by atoms with Crippen molar-refractivity contribution in [2.75, 3.05) is 19.8 Å². The normalized spacial score (nSPS) is 10.7. The summed E-state index contributed by atoms with van der Waals surface area (Å²) in [6.45, 7) is 4.44. The van der Waals surface area contributed by atoms with Crippen LogP contribution >= 0.6 is 11.3 Å². The molecular formula is C15H20N2O2S. The quantitative estimate of drug-likeness (QED) is 0.760. The van der Waals surface area contributed by atoms with Crippen molar-refractivity contribution in [2.24, 2.45) is 5.73 Å². The summed E-state index contributed by atoms with van der Waals surface area (Å²) < 4.78 is 11.2. The summed E-state index contributed by atoms with van der Waals surface area (Å²) in [6, 6.07) is 7.82. The summed E-state index contributed by atoms with van der Waals surface area (Å²) in [5.74, 6) is 0.851. The van der Waals surface area contributed by atoms with Gasteiger partial charge in [-0.15, -0.1) is 11.3 Å². The Morgan fingerprint density at radius 2 is 1.95 bits per heavy atom. The fraction of sp³-hybridized carbons (Fsp3) is 0.400. The Kier molecular flexibility index (Phi) is 5.98. The van der Waals surface area contributed by atoms with Gasteiger partial charge in [-0.3, -0.25) is 0 Å². The number of aryl methyl sites for hydroxylation is 1. The largest absolute Gasteiger partial charge is 0.491 e. The number of thiazole rings is 1. The first kappa shape index (κ1) is 15.0. The molecule has 1 heterocycles. The zero-order valence-corrected chi connectivity index (χ0v) is 12.5. The maximum atomic E-state index is 5.59. The van der Waals surface area contributed by atoms with Gasteiger partial charge in [-0.05, 0) is 24.6 Å². The molecular weight excluding hydrogens is 272 g/mol. The van der Waals surface area contributed by atoms with Crippen molar-refractivity contribution in [3.63, 3.8) is 0 Å². The zero-order chi connectivity index (χ0) is 14.2. The number of nitrogens with zero attached hydrogens (tertiary/aromatic N) is 1. The highest BCUT2D eigenvalue weighted by Gasteiger charge is 2.01. The lowest BCUT2D eigenvalue weighted by atomic mass is 10.2. The number of ether oxygens (including phenoxy) is 2. The minimum Gasteiger partial charge on any atom is -0.491 e. The van der Waals surface area contributed by atoms with E-state index in [2.05, 4.69) is 4.98 Å². The summed E-state index contributed by atoms with van der Waals surface area (Å²) in [5.41, 5.74) is 9.63. The van der Waals surface area contributed by atoms with Gasteiger partial charge in [0, 0.05) is 17.8 Å². The Morgan fingerprint density at radius 1 is 1.15 bits per heavy atom. The maximum Gasteiger partial charge on any atom is 0.119 e. The van der Waals surface area contributed by atoms with Crippen LogP contribution in [0.15, 0.2) is 29.8 Å². The van der Waals surface area contributed by atoms with Crippen LogP contribution in [0, 0.1) is 6.92 Å². The summed E-state index contributed by atoms with van der Waals surface area (Å²) >= 11 is 1.68. The molecule has 0 spiro atoms. The van der Waals surface area contributed by atoms with E-state index in [0.29, 0.717) is 26.4 Å². The fourth-order valence-electron chi connectivity index (χ4n) is 1.77. The van der Waals surface area contributed by atoms with Gasteiger partial charge < -0.3 is 15.2 Å². The van der Waals surface area contributed by atoms with Crippen LogP contribution < -0.4 is 10.5 Å². The SMILES string of the molecule is Cc1ncsc1CCOCCOc1ccc(CN)cc1. The molecule has 0 atom stereocenters. The van der Waals surface area contributed by atoms with E-state index < -0.39 is 0 Å². The minimum atomic E-state index is 0.556. The lowest BCUT2D eigenvalue weighted by molar-refractivity contribution is 0.103. The van der Waals surface area contributed by atoms with Gasteiger partial charge in [0.05, 0.1) is 24.4 Å². The van der Waals surface area contributed by atoms with Crippen molar-refractivity contribution in [3.05, 3.63) is 45.9 Å². The summed E-state index contributed by atoms with van der Waals surface area (Å²) in [7, 11) is 0. The molecule has 0 aliphatic rings. The second kappa shape index (κ2) is 7.99. The van der Waals surface area contributed by atoms with Crippen molar-refractivity contribution >= 4 is 11.3 Å². The van der Waals surface area contributed by atoms with E-state index in [-0.39, 0.29) is 0 Å². The van der Waals surface area contributed by atoms with Gasteiger partial charge in [-0.25, -0.2) is 4.98 Å². The number of nitrogens with two attached hydrogens (primary N) is 1. The van der Waals surface area contributed by atoms with E-state index in [1.54, 1.807) is 11.3 Å². The molecule has 2 rings (SSSR count). The van der Waals surface area contributed by atoms with Gasteiger partial charge in [-0.2, -0.15) is 0 Å². The van der Waals surface area contributed by atoms with Crippen molar-refractivity contribution in [1.82, 2.24) is 4.98 Å². The van der Waals surface area contributed by atoms with Crippen LogP contribution in [0.4, 0.5) is 0 Å². The van der Waals surface area contributed by atoms with Crippen LogP contribution in [-0.4, -0.2) is 24.8 Å². The molecule has 2 N–H and O–H groups in total. The summed E-state index contributed by atoms with van der Waals surface area (Å²) in [4.78, 5) is 5.51. The van der Waals surface area contributed by atoms with E-state index in [1.165, 1.54) is 4.88 Å². The molecule has 108 valence electrons. The molecule has 4 nitrogen and oxygen atoms in total. The first-order valence-corrected chi connectivity index (χ1v) is 7.56. The van der Waals surface area contributed by atoms with Gasteiger partial charge in [0.1, 0.15) is 12.4 Å². The molecule has 1 aromatic carbocycles. The summed E-state index contributed by atoms with van der Waals surface area (Å²) in [5, 5.41) is 0. The van der Waals surface area contributed by atoms with Gasteiger partial charge in [-0.1, -0.05) is 12.1 Å². The predicted octanol–water partition coefficient (Wildman–Crippen LogP) is 2.55. The van der Waals surface area contributed by atoms with E-state index in [1.807, 2.05) is 36.7 Å². The monoisotopic (exact) mass is 292 g/mol. The second-order valence-electron chi connectivity index (χ2n) is 4.42. The Balaban J connectivity index is 1.58. The molecule has 0 aliphatic carbocycles. The third-order valence-electron chi connectivity index (χ3n) is 2.97. The van der Waals surface area contributed by atoms with Crippen molar-refractivity contribution < 1.29 is 9.47 Å². The minimum absolute atomic E-state index is 0.556. The second-order valence-corrected chi connectivity index (χ2v) is 5.36. The molecule has 2 aromatic rings. The van der Waals surface area contributed by atoms with E-state index in [4.69, 9.17) is 15.2 Å². The third-order valence-corrected chi connectivity index (χ3v) is 3.97. The highest BCUT2D eigenvalue weighted by molar-refractivity contribution is 7.09. The third kappa shape index (κ3) is 4.59. The van der Waals surface area contributed by atoms with Gasteiger partial charge >= 0.3 is 0 Å². The van der Waals surface area contributed by atoms with Gasteiger partial charge in [0.2, 0.25) is 0 Å². The smallest absolute Gasteiger partial charge is 0.119 e. The standard InChI is InChI=1S/C15H20N2O2S/c1-12-15(20-11-17-12)6-7-18-8-9-19-14-4-2-13(10-16)3-5-14/h2-5,11H,6-10,16H2,1H3. The van der Waals surface area contributed by atoms with Crippen molar-refractivity contribution in [2.45, 2.75) is 19.9 Å². The highest BCUT2D eigenvalue weighted by Crippen LogP contribution is 2.13. The zero-order valence-electron chi connectivity index (χ0n) is 11.7. The molecule has 0 saturated carbocycles. The Labute approximate surface area is 123 Å². The van der Waals surface area contributed by atoms with Crippen LogP contribution in [0.3, 0.4) is 0 Å². The van der Waals surface area contributed by atoms with Crippen LogP contribution in [-0.2, 0) is 17.7 Å². The van der Waals surface area contributed by atoms with Crippen molar-refractivity contribution in [1.29, 1.82) is 0 Å². The molecule has 5 heteroatoms. The average Bonchev–Trinajstić information content (AvgIpc) is 2.89. The van der Waals surface area contributed by atoms with E-state index in [0.717, 1.165) is 23.4 Å².